The molecular formula is C11H12ClNO3. The molecule has 2 rings (SSSR count). The SMILES string of the molecule is CC(Cl)C(O)c1ccc2oc(=O)n(C)c2c1. The van der Waals surface area contributed by atoms with Gasteiger partial charge in [0, 0.05) is 7.05 Å². The monoisotopic (exact) mass is 241 g/mol. The lowest BCUT2D eigenvalue weighted by Gasteiger charge is -2.12. The van der Waals surface area contributed by atoms with E-state index < -0.39 is 11.9 Å². The number of nitrogens with zero attached hydrogens (tertiary/aromatic N) is 1. The first-order valence-electron chi connectivity index (χ1n) is 4.92. The Morgan fingerprint density at radius 2 is 2.19 bits per heavy atom. The van der Waals surface area contributed by atoms with Crippen molar-refractivity contribution < 1.29 is 9.52 Å². The minimum atomic E-state index is -0.754. The molecular weight excluding hydrogens is 230 g/mol. The number of hydrogen-bond donors (Lipinski definition) is 1. The number of aromatic nitrogens is 1. The molecule has 16 heavy (non-hydrogen) atoms. The zero-order valence-corrected chi connectivity index (χ0v) is 9.73. The maximum atomic E-state index is 11.3. The van der Waals surface area contributed by atoms with Crippen LogP contribution in [0.5, 0.6) is 0 Å². The van der Waals surface area contributed by atoms with Gasteiger partial charge in [-0.3, -0.25) is 4.57 Å². The van der Waals surface area contributed by atoms with E-state index in [4.69, 9.17) is 16.0 Å². The van der Waals surface area contributed by atoms with Crippen LogP contribution in [0.25, 0.3) is 11.1 Å². The summed E-state index contributed by atoms with van der Waals surface area (Å²) in [5, 5.41) is 9.42. The lowest BCUT2D eigenvalue weighted by atomic mass is 10.1. The van der Waals surface area contributed by atoms with Gasteiger partial charge in [-0.15, -0.1) is 11.6 Å². The highest BCUT2D eigenvalue weighted by Crippen LogP contribution is 2.24. The van der Waals surface area contributed by atoms with Gasteiger partial charge in [-0.2, -0.15) is 0 Å². The Morgan fingerprint density at radius 1 is 1.50 bits per heavy atom. The largest absolute Gasteiger partial charge is 0.419 e. The predicted molar refractivity (Wildman–Crippen MR) is 61.7 cm³/mol. The first-order valence-corrected chi connectivity index (χ1v) is 5.36. The van der Waals surface area contributed by atoms with Crippen LogP contribution >= 0.6 is 11.6 Å². The van der Waals surface area contributed by atoms with Crippen LogP contribution in [0.15, 0.2) is 27.4 Å². The van der Waals surface area contributed by atoms with Gasteiger partial charge in [0.15, 0.2) is 5.58 Å². The van der Waals surface area contributed by atoms with E-state index in [0.717, 1.165) is 0 Å². The average molecular weight is 242 g/mol. The van der Waals surface area contributed by atoms with E-state index in [2.05, 4.69) is 0 Å². The first kappa shape index (κ1) is 11.2. The molecule has 86 valence electrons. The number of hydrogen-bond acceptors (Lipinski definition) is 3. The number of alkyl halides is 1. The second kappa shape index (κ2) is 3.96. The number of halogens is 1. The highest BCUT2D eigenvalue weighted by Gasteiger charge is 2.15. The fourth-order valence-corrected chi connectivity index (χ4v) is 1.74. The van der Waals surface area contributed by atoms with Crippen molar-refractivity contribution in [2.24, 2.45) is 7.05 Å². The topological polar surface area (TPSA) is 55.4 Å². The number of aliphatic hydroxyl groups excluding tert-OH is 1. The Hall–Kier alpha value is -1.26. The number of aliphatic hydroxyl groups is 1. The Balaban J connectivity index is 2.59. The Morgan fingerprint density at radius 3 is 2.81 bits per heavy atom. The van der Waals surface area contributed by atoms with Crippen molar-refractivity contribution in [3.63, 3.8) is 0 Å². The van der Waals surface area contributed by atoms with Gasteiger partial charge in [-0.25, -0.2) is 4.79 Å². The third kappa shape index (κ3) is 1.74. The average Bonchev–Trinajstić information content (AvgIpc) is 2.53. The van der Waals surface area contributed by atoms with Crippen molar-refractivity contribution in [1.82, 2.24) is 4.57 Å². The molecule has 0 spiro atoms. The second-order valence-electron chi connectivity index (χ2n) is 3.78. The predicted octanol–water partition coefficient (Wildman–Crippen LogP) is 1.79. The normalized spacial score (nSPS) is 15.2. The van der Waals surface area contributed by atoms with Gasteiger partial charge in [-0.05, 0) is 24.6 Å². The third-order valence-electron chi connectivity index (χ3n) is 2.59. The molecule has 0 radical (unpaired) electrons. The van der Waals surface area contributed by atoms with Crippen LogP contribution < -0.4 is 5.76 Å². The molecule has 0 aliphatic rings. The van der Waals surface area contributed by atoms with Crippen LogP contribution in [0.1, 0.15) is 18.6 Å². The maximum absolute atomic E-state index is 11.3. The van der Waals surface area contributed by atoms with Crippen molar-refractivity contribution in [3.05, 3.63) is 34.3 Å². The smallest absolute Gasteiger partial charge is 0.408 e. The van der Waals surface area contributed by atoms with Gasteiger partial charge in [-0.1, -0.05) is 6.07 Å². The first-order chi connectivity index (χ1) is 7.50. The molecule has 0 saturated heterocycles. The number of fused-ring (bicyclic) bond motifs is 1. The van der Waals surface area contributed by atoms with Crippen LogP contribution in [-0.2, 0) is 7.05 Å². The van der Waals surface area contributed by atoms with Gasteiger partial charge in [0.1, 0.15) is 0 Å². The molecule has 0 saturated carbocycles. The molecule has 2 aromatic rings. The highest BCUT2D eigenvalue weighted by molar-refractivity contribution is 6.20. The molecule has 0 amide bonds. The van der Waals surface area contributed by atoms with E-state index >= 15 is 0 Å². The van der Waals surface area contributed by atoms with Crippen molar-refractivity contribution in [2.75, 3.05) is 0 Å². The number of rotatable bonds is 2. The van der Waals surface area contributed by atoms with E-state index in [0.29, 0.717) is 16.7 Å². The minimum Gasteiger partial charge on any atom is -0.408 e. The van der Waals surface area contributed by atoms with Crippen LogP contribution in [0.4, 0.5) is 0 Å². The van der Waals surface area contributed by atoms with Crippen LogP contribution in [0.3, 0.4) is 0 Å². The van der Waals surface area contributed by atoms with Crippen LogP contribution in [0.2, 0.25) is 0 Å². The summed E-state index contributed by atoms with van der Waals surface area (Å²) in [7, 11) is 1.62. The molecule has 0 fully saturated rings. The third-order valence-corrected chi connectivity index (χ3v) is 2.83. The lowest BCUT2D eigenvalue weighted by molar-refractivity contribution is 0.177. The van der Waals surface area contributed by atoms with E-state index in [1.54, 1.807) is 32.2 Å². The van der Waals surface area contributed by atoms with Gasteiger partial charge < -0.3 is 9.52 Å². The highest BCUT2D eigenvalue weighted by atomic mass is 35.5. The summed E-state index contributed by atoms with van der Waals surface area (Å²) in [5.41, 5.74) is 1.83. The molecule has 1 aromatic carbocycles. The van der Waals surface area contributed by atoms with E-state index in [1.807, 2.05) is 0 Å². The van der Waals surface area contributed by atoms with Gasteiger partial charge >= 0.3 is 5.76 Å². The van der Waals surface area contributed by atoms with Crippen molar-refractivity contribution in [3.8, 4) is 0 Å². The van der Waals surface area contributed by atoms with Crippen molar-refractivity contribution in [2.45, 2.75) is 18.4 Å². The van der Waals surface area contributed by atoms with E-state index in [9.17, 15) is 9.90 Å². The molecule has 1 heterocycles. The summed E-state index contributed by atoms with van der Waals surface area (Å²) in [6.07, 6.45) is -0.754. The summed E-state index contributed by atoms with van der Waals surface area (Å²) in [6, 6.07) is 5.08. The zero-order valence-electron chi connectivity index (χ0n) is 8.98. The van der Waals surface area contributed by atoms with Crippen molar-refractivity contribution in [1.29, 1.82) is 0 Å². The van der Waals surface area contributed by atoms with E-state index in [-0.39, 0.29) is 5.38 Å². The molecule has 4 nitrogen and oxygen atoms in total. The molecule has 0 aliphatic heterocycles. The Labute approximate surface area is 97.1 Å². The summed E-state index contributed by atoms with van der Waals surface area (Å²) in [5.74, 6) is -0.416. The Kier molecular flexibility index (Phi) is 2.78. The number of aryl methyl sites for hydroxylation is 1. The number of oxazole rings is 1. The zero-order chi connectivity index (χ0) is 11.9. The molecule has 0 aliphatic carbocycles. The summed E-state index contributed by atoms with van der Waals surface area (Å²) in [4.78, 5) is 11.3. The van der Waals surface area contributed by atoms with Gasteiger partial charge in [0.25, 0.3) is 0 Å². The fourth-order valence-electron chi connectivity index (χ4n) is 1.59. The molecule has 1 N–H and O–H groups in total. The van der Waals surface area contributed by atoms with Gasteiger partial charge in [0.05, 0.1) is 17.0 Å². The van der Waals surface area contributed by atoms with Crippen LogP contribution in [0, 0.1) is 0 Å². The molecule has 5 heteroatoms. The maximum Gasteiger partial charge on any atom is 0.419 e. The standard InChI is InChI=1S/C11H12ClNO3/c1-6(12)10(14)7-3-4-9-8(5-7)13(2)11(15)16-9/h3-6,10,14H,1-2H3. The molecule has 1 aromatic heterocycles. The Bertz CT molecular complexity index is 570. The van der Waals surface area contributed by atoms with E-state index in [1.165, 1.54) is 4.57 Å². The quantitative estimate of drug-likeness (QED) is 0.816. The molecule has 2 unspecified atom stereocenters. The van der Waals surface area contributed by atoms with Gasteiger partial charge in [0.2, 0.25) is 0 Å². The minimum absolute atomic E-state index is 0.388. The lowest BCUT2D eigenvalue weighted by Crippen LogP contribution is -2.10. The fraction of sp³-hybridized carbons (Fsp3) is 0.364. The van der Waals surface area contributed by atoms with Crippen LogP contribution in [-0.4, -0.2) is 15.1 Å². The number of benzene rings is 1. The summed E-state index contributed by atoms with van der Waals surface area (Å²) in [6.45, 7) is 1.71. The summed E-state index contributed by atoms with van der Waals surface area (Å²) < 4.78 is 6.38. The second-order valence-corrected chi connectivity index (χ2v) is 4.46. The van der Waals surface area contributed by atoms with Crippen molar-refractivity contribution >= 4 is 22.7 Å². The molecule has 0 bridgehead atoms. The summed E-state index contributed by atoms with van der Waals surface area (Å²) >= 11 is 5.82. The molecule has 2 atom stereocenters.